The monoisotopic (exact) mass is 336 g/mol. The zero-order valence-corrected chi connectivity index (χ0v) is 13.5. The highest BCUT2D eigenvalue weighted by molar-refractivity contribution is 6.07. The largest absolute Gasteiger partial charge is 0.497 e. The molecule has 0 aliphatic carbocycles. The summed E-state index contributed by atoms with van der Waals surface area (Å²) in [7, 11) is 1.53. The summed E-state index contributed by atoms with van der Waals surface area (Å²) in [5.41, 5.74) is 6.24. The molecular formula is C19H16N2O4. The van der Waals surface area contributed by atoms with Crippen molar-refractivity contribution in [3.8, 4) is 5.75 Å². The molecule has 0 aliphatic rings. The molecule has 3 aromatic carbocycles. The molecule has 0 aliphatic heterocycles. The van der Waals surface area contributed by atoms with Gasteiger partial charge in [-0.15, -0.1) is 0 Å². The van der Waals surface area contributed by atoms with Gasteiger partial charge in [0, 0.05) is 11.1 Å². The molecule has 6 nitrogen and oxygen atoms in total. The van der Waals surface area contributed by atoms with Crippen LogP contribution in [-0.2, 0) is 0 Å². The van der Waals surface area contributed by atoms with E-state index in [1.165, 1.54) is 7.11 Å². The van der Waals surface area contributed by atoms with E-state index in [2.05, 4.69) is 0 Å². The Kier molecular flexibility index (Phi) is 4.36. The van der Waals surface area contributed by atoms with Gasteiger partial charge in [0.25, 0.3) is 5.91 Å². The minimum Gasteiger partial charge on any atom is -0.497 e. The number of rotatable bonds is 4. The fourth-order valence-corrected chi connectivity index (χ4v) is 2.50. The zero-order chi connectivity index (χ0) is 18.0. The van der Waals surface area contributed by atoms with E-state index < -0.39 is 11.8 Å². The minimum atomic E-state index is -0.587. The number of primary amides is 1. The molecule has 6 heteroatoms. The summed E-state index contributed by atoms with van der Waals surface area (Å²) in [4.78, 5) is 23.8. The fourth-order valence-electron chi connectivity index (χ4n) is 2.50. The van der Waals surface area contributed by atoms with Gasteiger partial charge in [-0.3, -0.25) is 14.8 Å². The highest BCUT2D eigenvalue weighted by Crippen LogP contribution is 2.22. The SMILES string of the molecule is COc1ccc(N(O)C(=O)c2ccc3ccc(C(N)=O)cc3c2)cc1. The molecule has 0 fully saturated rings. The van der Waals surface area contributed by atoms with E-state index >= 15 is 0 Å². The second-order valence-electron chi connectivity index (χ2n) is 5.46. The summed E-state index contributed by atoms with van der Waals surface area (Å²) < 4.78 is 5.05. The third-order valence-electron chi connectivity index (χ3n) is 3.88. The lowest BCUT2D eigenvalue weighted by molar-refractivity contribution is 0.0854. The van der Waals surface area contributed by atoms with Crippen molar-refractivity contribution in [3.05, 3.63) is 71.8 Å². The van der Waals surface area contributed by atoms with E-state index in [-0.39, 0.29) is 5.56 Å². The Hall–Kier alpha value is -3.38. The van der Waals surface area contributed by atoms with Crippen molar-refractivity contribution >= 4 is 28.3 Å². The highest BCUT2D eigenvalue weighted by atomic mass is 16.5. The molecule has 0 heterocycles. The molecule has 0 bridgehead atoms. The summed E-state index contributed by atoms with van der Waals surface area (Å²) in [6.07, 6.45) is 0. The van der Waals surface area contributed by atoms with Gasteiger partial charge in [-0.2, -0.15) is 5.06 Å². The molecule has 25 heavy (non-hydrogen) atoms. The molecular weight excluding hydrogens is 320 g/mol. The fraction of sp³-hybridized carbons (Fsp3) is 0.0526. The summed E-state index contributed by atoms with van der Waals surface area (Å²) in [5.74, 6) is -0.508. The number of carbonyl (C=O) groups is 2. The second-order valence-corrected chi connectivity index (χ2v) is 5.46. The van der Waals surface area contributed by atoms with Crippen molar-refractivity contribution in [1.29, 1.82) is 0 Å². The number of nitrogens with two attached hydrogens (primary N) is 1. The predicted octanol–water partition coefficient (Wildman–Crippen LogP) is 2.98. The molecule has 0 atom stereocenters. The van der Waals surface area contributed by atoms with Crippen molar-refractivity contribution < 1.29 is 19.5 Å². The standard InChI is InChI=1S/C19H16N2O4/c1-25-17-8-6-16(7-9-17)21(24)19(23)14-5-3-12-2-4-13(18(20)22)10-15(12)11-14/h2-11,24H,1H3,(H2,20,22). The molecule has 0 radical (unpaired) electrons. The van der Waals surface area contributed by atoms with E-state index in [0.717, 1.165) is 5.39 Å². The maximum absolute atomic E-state index is 12.5. The van der Waals surface area contributed by atoms with Gasteiger partial charge in [0.1, 0.15) is 5.75 Å². The van der Waals surface area contributed by atoms with Crippen molar-refractivity contribution in [3.63, 3.8) is 0 Å². The molecule has 0 saturated carbocycles. The van der Waals surface area contributed by atoms with Gasteiger partial charge in [-0.05, 0) is 59.3 Å². The first-order valence-corrected chi connectivity index (χ1v) is 7.50. The molecule has 0 saturated heterocycles. The molecule has 3 aromatic rings. The van der Waals surface area contributed by atoms with Crippen LogP contribution in [0.3, 0.4) is 0 Å². The number of hydrogen-bond acceptors (Lipinski definition) is 4. The van der Waals surface area contributed by atoms with E-state index in [1.54, 1.807) is 60.7 Å². The quantitative estimate of drug-likeness (QED) is 0.566. The van der Waals surface area contributed by atoms with Gasteiger partial charge in [-0.25, -0.2) is 0 Å². The first-order chi connectivity index (χ1) is 12.0. The average Bonchev–Trinajstić information content (AvgIpc) is 2.66. The summed E-state index contributed by atoms with van der Waals surface area (Å²) >= 11 is 0. The smallest absolute Gasteiger partial charge is 0.282 e. The molecule has 3 rings (SSSR count). The van der Waals surface area contributed by atoms with E-state index in [0.29, 0.717) is 27.4 Å². The van der Waals surface area contributed by atoms with Gasteiger partial charge in [-0.1, -0.05) is 12.1 Å². The van der Waals surface area contributed by atoms with E-state index in [9.17, 15) is 14.8 Å². The van der Waals surface area contributed by atoms with Crippen molar-refractivity contribution in [2.75, 3.05) is 12.2 Å². The topological polar surface area (TPSA) is 92.9 Å². The summed E-state index contributed by atoms with van der Waals surface area (Å²) in [5, 5.41) is 12.3. The Morgan fingerprint density at radius 3 is 2.12 bits per heavy atom. The van der Waals surface area contributed by atoms with E-state index in [1.807, 2.05) is 0 Å². The molecule has 0 aromatic heterocycles. The van der Waals surface area contributed by atoms with Crippen molar-refractivity contribution in [1.82, 2.24) is 0 Å². The number of amides is 2. The second kappa shape index (κ2) is 6.62. The Labute approximate surface area is 144 Å². The van der Waals surface area contributed by atoms with Crippen LogP contribution >= 0.6 is 0 Å². The summed E-state index contributed by atoms with van der Waals surface area (Å²) in [6, 6.07) is 16.4. The Morgan fingerprint density at radius 1 is 0.920 bits per heavy atom. The normalized spacial score (nSPS) is 10.5. The number of hydrogen-bond donors (Lipinski definition) is 2. The average molecular weight is 336 g/mol. The molecule has 2 amide bonds. The van der Waals surface area contributed by atoms with E-state index in [4.69, 9.17) is 10.5 Å². The van der Waals surface area contributed by atoms with Crippen molar-refractivity contribution in [2.24, 2.45) is 5.73 Å². The van der Waals surface area contributed by atoms with Gasteiger partial charge in [0.15, 0.2) is 0 Å². The van der Waals surface area contributed by atoms with Crippen molar-refractivity contribution in [2.45, 2.75) is 0 Å². The highest BCUT2D eigenvalue weighted by Gasteiger charge is 2.16. The maximum atomic E-state index is 12.5. The Morgan fingerprint density at radius 2 is 1.52 bits per heavy atom. The van der Waals surface area contributed by atoms with Gasteiger partial charge >= 0.3 is 0 Å². The van der Waals surface area contributed by atoms with Crippen LogP contribution < -0.4 is 15.5 Å². The van der Waals surface area contributed by atoms with Crippen LogP contribution in [0.4, 0.5) is 5.69 Å². The molecule has 3 N–H and O–H groups in total. The maximum Gasteiger partial charge on any atom is 0.282 e. The zero-order valence-electron chi connectivity index (χ0n) is 13.5. The number of nitrogens with zero attached hydrogens (tertiary/aromatic N) is 1. The first kappa shape index (κ1) is 16.5. The van der Waals surface area contributed by atoms with Crippen LogP contribution in [0, 0.1) is 0 Å². The summed E-state index contributed by atoms with van der Waals surface area (Å²) in [6.45, 7) is 0. The number of anilines is 1. The van der Waals surface area contributed by atoms with Gasteiger partial charge < -0.3 is 10.5 Å². The number of methoxy groups -OCH3 is 1. The lowest BCUT2D eigenvalue weighted by atomic mass is 10.0. The van der Waals surface area contributed by atoms with Crippen LogP contribution in [0.25, 0.3) is 10.8 Å². The van der Waals surface area contributed by atoms with Crippen LogP contribution in [0.15, 0.2) is 60.7 Å². The Balaban J connectivity index is 1.93. The number of benzene rings is 3. The minimum absolute atomic E-state index is 0.285. The molecule has 0 spiro atoms. The Bertz CT molecular complexity index is 951. The molecule has 0 unspecified atom stereocenters. The lowest BCUT2D eigenvalue weighted by Crippen LogP contribution is -2.26. The van der Waals surface area contributed by atoms with Gasteiger partial charge in [0.05, 0.1) is 12.8 Å². The number of hydroxylamine groups is 1. The predicted molar refractivity (Wildman–Crippen MR) is 94.1 cm³/mol. The number of fused-ring (bicyclic) bond motifs is 1. The first-order valence-electron chi connectivity index (χ1n) is 7.50. The number of carbonyl (C=O) groups excluding carboxylic acids is 2. The van der Waals surface area contributed by atoms with Gasteiger partial charge in [0.2, 0.25) is 5.91 Å². The van der Waals surface area contributed by atoms with Crippen LogP contribution in [0.5, 0.6) is 5.75 Å². The van der Waals surface area contributed by atoms with Crippen LogP contribution in [0.2, 0.25) is 0 Å². The van der Waals surface area contributed by atoms with Crippen LogP contribution in [-0.4, -0.2) is 24.1 Å². The van der Waals surface area contributed by atoms with Crippen LogP contribution in [0.1, 0.15) is 20.7 Å². The third kappa shape index (κ3) is 3.29. The third-order valence-corrected chi connectivity index (χ3v) is 3.88. The lowest BCUT2D eigenvalue weighted by Gasteiger charge is -2.15. The molecule has 126 valence electrons. The number of ether oxygens (including phenoxy) is 1.